The van der Waals surface area contributed by atoms with Crippen molar-refractivity contribution in [3.05, 3.63) is 58.5 Å². The van der Waals surface area contributed by atoms with E-state index < -0.39 is 18.5 Å². The summed E-state index contributed by atoms with van der Waals surface area (Å²) in [7, 11) is 0. The SMILES string of the molecule is CCCn1nc(C(=O)OCC(=O)Nc2ccc3c(c2)OCCCO3)c2ccccc2c1=O. The number of benzene rings is 2. The molecule has 1 N–H and O–H groups in total. The van der Waals surface area contributed by atoms with Crippen LogP contribution in [0.2, 0.25) is 0 Å². The standard InChI is InChI=1S/C23H23N3O6/c1-2-10-26-22(28)17-7-4-3-6-16(17)21(25-26)23(29)32-14-20(27)24-15-8-9-18-19(13-15)31-12-5-11-30-18/h3-4,6-9,13H,2,5,10-12,14H2,1H3,(H,24,27). The Bertz CT molecular complexity index is 1220. The highest BCUT2D eigenvalue weighted by Gasteiger charge is 2.19. The van der Waals surface area contributed by atoms with Gasteiger partial charge in [-0.3, -0.25) is 9.59 Å². The fourth-order valence-electron chi connectivity index (χ4n) is 3.39. The Morgan fingerprint density at radius 1 is 1.09 bits per heavy atom. The molecule has 0 spiro atoms. The first-order valence-electron chi connectivity index (χ1n) is 10.4. The monoisotopic (exact) mass is 437 g/mol. The molecule has 0 fully saturated rings. The van der Waals surface area contributed by atoms with Gasteiger partial charge in [0.25, 0.3) is 11.5 Å². The molecule has 166 valence electrons. The van der Waals surface area contributed by atoms with Crippen molar-refractivity contribution in [2.75, 3.05) is 25.1 Å². The molecule has 9 heteroatoms. The number of nitrogens with one attached hydrogen (secondary N) is 1. The van der Waals surface area contributed by atoms with E-state index in [0.29, 0.717) is 54.1 Å². The molecule has 2 aromatic carbocycles. The zero-order valence-electron chi connectivity index (χ0n) is 17.6. The zero-order chi connectivity index (χ0) is 22.5. The third kappa shape index (κ3) is 4.56. The van der Waals surface area contributed by atoms with Crippen LogP contribution in [-0.4, -0.2) is 41.5 Å². The lowest BCUT2D eigenvalue weighted by Gasteiger charge is -2.12. The van der Waals surface area contributed by atoms with Gasteiger partial charge in [0.15, 0.2) is 23.8 Å². The van der Waals surface area contributed by atoms with Crippen molar-refractivity contribution in [2.24, 2.45) is 0 Å². The summed E-state index contributed by atoms with van der Waals surface area (Å²) in [4.78, 5) is 37.6. The molecule has 0 unspecified atom stereocenters. The predicted octanol–water partition coefficient (Wildman–Crippen LogP) is 2.76. The van der Waals surface area contributed by atoms with Crippen LogP contribution < -0.4 is 20.3 Å². The summed E-state index contributed by atoms with van der Waals surface area (Å²) < 4.78 is 17.6. The maximum absolute atomic E-state index is 12.7. The predicted molar refractivity (Wildman–Crippen MR) is 117 cm³/mol. The lowest BCUT2D eigenvalue weighted by Crippen LogP contribution is -2.27. The van der Waals surface area contributed by atoms with Gasteiger partial charge >= 0.3 is 5.97 Å². The number of esters is 1. The van der Waals surface area contributed by atoms with E-state index in [2.05, 4.69) is 10.4 Å². The molecule has 32 heavy (non-hydrogen) atoms. The minimum Gasteiger partial charge on any atom is -0.490 e. The Labute approximate surface area is 183 Å². The molecule has 0 aliphatic carbocycles. The topological polar surface area (TPSA) is 109 Å². The number of aromatic nitrogens is 2. The second-order valence-electron chi connectivity index (χ2n) is 7.26. The summed E-state index contributed by atoms with van der Waals surface area (Å²) in [5.74, 6) is -0.128. The molecular weight excluding hydrogens is 414 g/mol. The van der Waals surface area contributed by atoms with Crippen LogP contribution in [0.15, 0.2) is 47.3 Å². The van der Waals surface area contributed by atoms with Crippen LogP contribution in [0.25, 0.3) is 10.8 Å². The van der Waals surface area contributed by atoms with Crippen molar-refractivity contribution in [1.29, 1.82) is 0 Å². The number of fused-ring (bicyclic) bond motifs is 2. The number of hydrogen-bond donors (Lipinski definition) is 1. The molecule has 0 bridgehead atoms. The van der Waals surface area contributed by atoms with Crippen molar-refractivity contribution in [1.82, 2.24) is 9.78 Å². The average Bonchev–Trinajstić information content (AvgIpc) is 3.04. The first kappa shape index (κ1) is 21.4. The molecule has 2 heterocycles. The van der Waals surface area contributed by atoms with E-state index in [9.17, 15) is 14.4 Å². The highest BCUT2D eigenvalue weighted by Crippen LogP contribution is 2.32. The number of hydrogen-bond acceptors (Lipinski definition) is 7. The summed E-state index contributed by atoms with van der Waals surface area (Å²) in [6, 6.07) is 11.8. The summed E-state index contributed by atoms with van der Waals surface area (Å²) >= 11 is 0. The van der Waals surface area contributed by atoms with Crippen LogP contribution >= 0.6 is 0 Å². The van der Waals surface area contributed by atoms with E-state index in [-0.39, 0.29) is 11.3 Å². The van der Waals surface area contributed by atoms with Gasteiger partial charge in [0.1, 0.15) is 0 Å². The molecule has 9 nitrogen and oxygen atoms in total. The van der Waals surface area contributed by atoms with Crippen molar-refractivity contribution < 1.29 is 23.8 Å². The molecule has 1 aliphatic heterocycles. The van der Waals surface area contributed by atoms with Gasteiger partial charge in [0.2, 0.25) is 0 Å². The van der Waals surface area contributed by atoms with Crippen molar-refractivity contribution >= 4 is 28.3 Å². The number of aryl methyl sites for hydroxylation is 1. The summed E-state index contributed by atoms with van der Waals surface area (Å²) in [6.07, 6.45) is 1.46. The summed E-state index contributed by atoms with van der Waals surface area (Å²) in [5, 5.41) is 7.61. The third-order valence-electron chi connectivity index (χ3n) is 4.86. The van der Waals surface area contributed by atoms with Crippen LogP contribution in [0.4, 0.5) is 5.69 Å². The zero-order valence-corrected chi connectivity index (χ0v) is 17.6. The van der Waals surface area contributed by atoms with Gasteiger partial charge in [0.05, 0.1) is 18.6 Å². The molecule has 4 rings (SSSR count). The van der Waals surface area contributed by atoms with E-state index in [1.807, 2.05) is 6.92 Å². The van der Waals surface area contributed by atoms with Gasteiger partial charge in [-0.05, 0) is 24.6 Å². The average molecular weight is 437 g/mol. The highest BCUT2D eigenvalue weighted by atomic mass is 16.5. The highest BCUT2D eigenvalue weighted by molar-refractivity contribution is 6.03. The summed E-state index contributed by atoms with van der Waals surface area (Å²) in [6.45, 7) is 2.88. The lowest BCUT2D eigenvalue weighted by molar-refractivity contribution is -0.119. The fourth-order valence-corrected chi connectivity index (χ4v) is 3.39. The molecule has 0 saturated carbocycles. The van der Waals surface area contributed by atoms with Crippen LogP contribution in [0.1, 0.15) is 30.3 Å². The second-order valence-corrected chi connectivity index (χ2v) is 7.26. The number of anilines is 1. The minimum absolute atomic E-state index is 0.00275. The molecular formula is C23H23N3O6. The van der Waals surface area contributed by atoms with Gasteiger partial charge in [-0.1, -0.05) is 25.1 Å². The van der Waals surface area contributed by atoms with E-state index in [4.69, 9.17) is 14.2 Å². The third-order valence-corrected chi connectivity index (χ3v) is 4.86. The smallest absolute Gasteiger partial charge is 0.359 e. The van der Waals surface area contributed by atoms with Gasteiger partial charge in [-0.15, -0.1) is 0 Å². The van der Waals surface area contributed by atoms with Crippen LogP contribution in [0.3, 0.4) is 0 Å². The Morgan fingerprint density at radius 3 is 2.62 bits per heavy atom. The first-order valence-corrected chi connectivity index (χ1v) is 10.4. The molecule has 0 saturated heterocycles. The summed E-state index contributed by atoms with van der Waals surface area (Å²) in [5.41, 5.74) is 0.221. The van der Waals surface area contributed by atoms with Gasteiger partial charge in [-0.2, -0.15) is 5.10 Å². The van der Waals surface area contributed by atoms with Crippen LogP contribution in [0.5, 0.6) is 11.5 Å². The number of rotatable bonds is 6. The largest absolute Gasteiger partial charge is 0.490 e. The lowest BCUT2D eigenvalue weighted by atomic mass is 10.1. The maximum atomic E-state index is 12.7. The van der Waals surface area contributed by atoms with Crippen molar-refractivity contribution in [3.8, 4) is 11.5 Å². The Balaban J connectivity index is 1.46. The quantitative estimate of drug-likeness (QED) is 0.591. The molecule has 1 aliphatic rings. The van der Waals surface area contributed by atoms with E-state index in [1.54, 1.807) is 42.5 Å². The van der Waals surface area contributed by atoms with E-state index in [0.717, 1.165) is 6.42 Å². The molecule has 0 atom stereocenters. The van der Waals surface area contributed by atoms with Crippen LogP contribution in [0, 0.1) is 0 Å². The number of ether oxygens (including phenoxy) is 3. The fraction of sp³-hybridized carbons (Fsp3) is 0.304. The van der Waals surface area contributed by atoms with Gasteiger partial charge in [-0.25, -0.2) is 9.48 Å². The maximum Gasteiger partial charge on any atom is 0.359 e. The molecule has 1 aromatic heterocycles. The second kappa shape index (κ2) is 9.51. The normalized spacial score (nSPS) is 12.8. The Kier molecular flexibility index (Phi) is 6.34. The van der Waals surface area contributed by atoms with Gasteiger partial charge in [0, 0.05) is 30.1 Å². The number of amides is 1. The molecule has 0 radical (unpaired) electrons. The number of nitrogens with zero attached hydrogens (tertiary/aromatic N) is 2. The first-order chi connectivity index (χ1) is 15.6. The van der Waals surface area contributed by atoms with Crippen molar-refractivity contribution in [3.63, 3.8) is 0 Å². The number of carbonyl (C=O) groups is 2. The van der Waals surface area contributed by atoms with Gasteiger partial charge < -0.3 is 19.5 Å². The van der Waals surface area contributed by atoms with Crippen LogP contribution in [-0.2, 0) is 16.1 Å². The van der Waals surface area contributed by atoms with E-state index >= 15 is 0 Å². The number of carbonyl (C=O) groups excluding carboxylic acids is 2. The molecule has 1 amide bonds. The van der Waals surface area contributed by atoms with Crippen molar-refractivity contribution in [2.45, 2.75) is 26.3 Å². The Morgan fingerprint density at radius 2 is 1.84 bits per heavy atom. The molecule has 3 aromatic rings. The van der Waals surface area contributed by atoms with E-state index in [1.165, 1.54) is 4.68 Å². The Hall–Kier alpha value is -3.88. The minimum atomic E-state index is -0.778.